The van der Waals surface area contributed by atoms with Crippen LogP contribution < -0.4 is 0 Å². The van der Waals surface area contributed by atoms with Crippen molar-refractivity contribution in [1.29, 1.82) is 0 Å². The number of fused-ring (bicyclic) bond motifs is 7. The van der Waals surface area contributed by atoms with Crippen molar-refractivity contribution in [3.8, 4) is 11.4 Å². The van der Waals surface area contributed by atoms with Gasteiger partial charge >= 0.3 is 0 Å². The highest BCUT2D eigenvalue weighted by Crippen LogP contribution is 2.42. The van der Waals surface area contributed by atoms with Gasteiger partial charge in [0.2, 0.25) is 9.84 Å². The van der Waals surface area contributed by atoms with Crippen LogP contribution in [0.5, 0.6) is 0 Å². The molecule has 1 aliphatic heterocycles. The molecule has 0 atom stereocenters. The largest absolute Gasteiger partial charge is 0.309 e. The molecule has 1 aliphatic rings. The van der Waals surface area contributed by atoms with Gasteiger partial charge in [-0.15, -0.1) is 0 Å². The second-order valence-corrected chi connectivity index (χ2v) is 11.4. The molecular weight excluding hydrogens is 478 g/mol. The summed E-state index contributed by atoms with van der Waals surface area (Å²) in [5.74, 6) is 0.851. The first kappa shape index (κ1) is 20.7. The molecule has 0 saturated heterocycles. The van der Waals surface area contributed by atoms with Crippen LogP contribution in [0.25, 0.3) is 55.0 Å². The molecule has 37 heavy (non-hydrogen) atoms. The van der Waals surface area contributed by atoms with E-state index < -0.39 is 9.84 Å². The quantitative estimate of drug-likeness (QED) is 0.258. The van der Waals surface area contributed by atoms with E-state index in [2.05, 4.69) is 66.1 Å². The Labute approximate surface area is 213 Å². The summed E-state index contributed by atoms with van der Waals surface area (Å²) in [5, 5.41) is 4.77. The Morgan fingerprint density at radius 3 is 2.41 bits per heavy atom. The normalized spacial score (nSPS) is 14.1. The third-order valence-corrected chi connectivity index (χ3v) is 9.44. The van der Waals surface area contributed by atoms with Gasteiger partial charge in [-0.3, -0.25) is 4.57 Å². The Hall–Kier alpha value is -4.42. The van der Waals surface area contributed by atoms with Gasteiger partial charge in [0.1, 0.15) is 5.82 Å². The predicted molar refractivity (Wildman–Crippen MR) is 148 cm³/mol. The van der Waals surface area contributed by atoms with Crippen LogP contribution in [0.4, 0.5) is 0 Å². The average molecular weight is 500 g/mol. The van der Waals surface area contributed by atoms with Gasteiger partial charge in [-0.05, 0) is 53.2 Å². The molecule has 0 spiro atoms. The molecule has 0 N–H and O–H groups in total. The van der Waals surface area contributed by atoms with Crippen LogP contribution in [0.1, 0.15) is 12.7 Å². The lowest BCUT2D eigenvalue weighted by molar-refractivity contribution is 0.594. The molecule has 0 radical (unpaired) electrons. The fourth-order valence-electron chi connectivity index (χ4n) is 6.04. The summed E-state index contributed by atoms with van der Waals surface area (Å²) in [4.78, 5) is 5.42. The van der Waals surface area contributed by atoms with E-state index in [1.54, 1.807) is 18.2 Å². The number of hydrogen-bond donors (Lipinski definition) is 0. The molecule has 0 aliphatic carbocycles. The fourth-order valence-corrected chi connectivity index (χ4v) is 7.66. The van der Waals surface area contributed by atoms with Gasteiger partial charge in [-0.1, -0.05) is 61.5 Å². The van der Waals surface area contributed by atoms with Gasteiger partial charge in [-0.2, -0.15) is 0 Å². The maximum Gasteiger partial charge on any atom is 0.210 e. The molecule has 2 aromatic heterocycles. The Morgan fingerprint density at radius 2 is 1.54 bits per heavy atom. The van der Waals surface area contributed by atoms with Crippen molar-refractivity contribution < 1.29 is 8.42 Å². The van der Waals surface area contributed by atoms with Crippen LogP contribution in [0.3, 0.4) is 0 Å². The number of para-hydroxylation sites is 2. The summed E-state index contributed by atoms with van der Waals surface area (Å²) in [6.07, 6.45) is 0.694. The van der Waals surface area contributed by atoms with Crippen molar-refractivity contribution in [2.24, 2.45) is 0 Å². The Bertz CT molecular complexity index is 2200. The van der Waals surface area contributed by atoms with Crippen LogP contribution in [0.2, 0.25) is 0 Å². The van der Waals surface area contributed by atoms with Crippen molar-refractivity contribution in [3.05, 3.63) is 103 Å². The second-order valence-electron chi connectivity index (χ2n) is 9.53. The third kappa shape index (κ3) is 2.58. The van der Waals surface area contributed by atoms with Crippen LogP contribution >= 0.6 is 0 Å². The zero-order chi connectivity index (χ0) is 24.9. The predicted octanol–water partition coefficient (Wildman–Crippen LogP) is 6.98. The fraction of sp³-hybridized carbons (Fsp3) is 0.0645. The Balaban J connectivity index is 1.51. The molecule has 5 aromatic carbocycles. The summed E-state index contributed by atoms with van der Waals surface area (Å²) >= 11 is 0. The Kier molecular flexibility index (Phi) is 3.97. The van der Waals surface area contributed by atoms with Crippen LogP contribution in [0.15, 0.2) is 107 Å². The van der Waals surface area contributed by atoms with Gasteiger partial charge in [0, 0.05) is 22.9 Å². The summed E-state index contributed by atoms with van der Waals surface area (Å²) in [5.41, 5.74) is 5.11. The average Bonchev–Trinajstić information content (AvgIpc) is 3.48. The van der Waals surface area contributed by atoms with E-state index in [4.69, 9.17) is 4.98 Å². The molecule has 0 amide bonds. The minimum atomic E-state index is -3.67. The first-order valence-electron chi connectivity index (χ1n) is 12.4. The van der Waals surface area contributed by atoms with Crippen molar-refractivity contribution in [2.45, 2.75) is 23.1 Å². The van der Waals surface area contributed by atoms with Gasteiger partial charge in [0.05, 0.1) is 37.5 Å². The van der Waals surface area contributed by atoms with E-state index in [1.165, 1.54) is 21.5 Å². The first-order valence-corrected chi connectivity index (χ1v) is 13.9. The molecule has 8 rings (SSSR count). The number of nitrogens with zero attached hydrogens (tertiary/aromatic N) is 3. The summed E-state index contributed by atoms with van der Waals surface area (Å²) < 4.78 is 31.7. The highest BCUT2D eigenvalue weighted by atomic mass is 32.2. The van der Waals surface area contributed by atoms with E-state index >= 15 is 0 Å². The third-order valence-electron chi connectivity index (χ3n) is 7.61. The van der Waals surface area contributed by atoms with Crippen LogP contribution in [-0.2, 0) is 16.3 Å². The Morgan fingerprint density at radius 1 is 0.730 bits per heavy atom. The van der Waals surface area contributed by atoms with E-state index in [0.717, 1.165) is 22.5 Å². The smallest absolute Gasteiger partial charge is 0.210 e. The number of aryl methyl sites for hydroxylation is 1. The van der Waals surface area contributed by atoms with Crippen molar-refractivity contribution in [3.63, 3.8) is 0 Å². The number of rotatable bonds is 2. The molecule has 3 heterocycles. The minimum absolute atomic E-state index is 0.315. The van der Waals surface area contributed by atoms with Crippen molar-refractivity contribution in [2.75, 3.05) is 0 Å². The number of hydrogen-bond acceptors (Lipinski definition) is 3. The molecular formula is C31H21N3O2S. The summed E-state index contributed by atoms with van der Waals surface area (Å²) in [6.45, 7) is 2.05. The number of aromatic nitrogens is 3. The van der Waals surface area contributed by atoms with Gasteiger partial charge in [0.25, 0.3) is 0 Å². The lowest BCUT2D eigenvalue weighted by Gasteiger charge is -2.22. The highest BCUT2D eigenvalue weighted by Gasteiger charge is 2.33. The molecule has 7 aromatic rings. The second kappa shape index (κ2) is 7.08. The number of benzene rings is 5. The molecule has 0 fully saturated rings. The summed E-state index contributed by atoms with van der Waals surface area (Å²) in [6, 6.07) is 32.2. The number of sulfone groups is 1. The molecule has 178 valence electrons. The molecule has 6 heteroatoms. The molecule has 5 nitrogen and oxygen atoms in total. The lowest BCUT2D eigenvalue weighted by Crippen LogP contribution is -2.16. The van der Waals surface area contributed by atoms with Gasteiger partial charge < -0.3 is 4.57 Å². The first-order chi connectivity index (χ1) is 18.1. The SMILES string of the molecule is CCc1nc2cccc3c2n1-c1cc(-n2c4ccccc4c4c5ccccc5ccc42)ccc1S3(=O)=O. The van der Waals surface area contributed by atoms with Crippen molar-refractivity contribution >= 4 is 53.4 Å². The van der Waals surface area contributed by atoms with E-state index in [-0.39, 0.29) is 0 Å². The number of imidazole rings is 1. The molecule has 0 bridgehead atoms. The van der Waals surface area contributed by atoms with E-state index in [1.807, 2.05) is 28.8 Å². The van der Waals surface area contributed by atoms with Crippen molar-refractivity contribution in [1.82, 2.24) is 14.1 Å². The maximum atomic E-state index is 13.7. The topological polar surface area (TPSA) is 56.9 Å². The van der Waals surface area contributed by atoms with Gasteiger partial charge in [0.15, 0.2) is 0 Å². The monoisotopic (exact) mass is 499 g/mol. The zero-order valence-corrected chi connectivity index (χ0v) is 20.8. The van der Waals surface area contributed by atoms with Gasteiger partial charge in [-0.25, -0.2) is 13.4 Å². The zero-order valence-electron chi connectivity index (χ0n) is 20.0. The summed E-state index contributed by atoms with van der Waals surface area (Å²) in [7, 11) is -3.67. The highest BCUT2D eigenvalue weighted by molar-refractivity contribution is 7.92. The van der Waals surface area contributed by atoms with E-state index in [9.17, 15) is 8.42 Å². The van der Waals surface area contributed by atoms with Crippen LogP contribution in [0, 0.1) is 0 Å². The van der Waals surface area contributed by atoms with Crippen LogP contribution in [-0.4, -0.2) is 22.5 Å². The lowest BCUT2D eigenvalue weighted by atomic mass is 10.0. The molecule has 0 saturated carbocycles. The molecule has 0 unspecified atom stereocenters. The van der Waals surface area contributed by atoms with E-state index in [0.29, 0.717) is 32.9 Å². The maximum absolute atomic E-state index is 13.7. The minimum Gasteiger partial charge on any atom is -0.309 e. The standard InChI is InChI=1S/C31H21N3O2S/c1-2-29-32-23-11-7-13-28-31(23)34(29)26-18-20(15-17-27(26)37(28,35)36)33-24-12-6-5-10-22(24)30-21-9-4-3-8-19(21)14-16-25(30)33/h3-18H,2H2,1H3.